The van der Waals surface area contributed by atoms with E-state index >= 15 is 0 Å². The van der Waals surface area contributed by atoms with E-state index in [0.29, 0.717) is 0 Å². The predicted octanol–water partition coefficient (Wildman–Crippen LogP) is 17.3. The summed E-state index contributed by atoms with van der Waals surface area (Å²) in [5, 5.41) is 0. The number of rotatable bonds is 12. The molecule has 4 nitrogen and oxygen atoms in total. The zero-order valence-corrected chi connectivity index (χ0v) is 45.8. The van der Waals surface area contributed by atoms with Crippen molar-refractivity contribution in [2.24, 2.45) is 0 Å². The van der Waals surface area contributed by atoms with Gasteiger partial charge in [0.1, 0.15) is 11.2 Å². The van der Waals surface area contributed by atoms with Crippen LogP contribution in [0.3, 0.4) is 0 Å². The second kappa shape index (κ2) is 23.7. The fourth-order valence-corrected chi connectivity index (χ4v) is 14.0. The Balaban J connectivity index is 1.41. The van der Waals surface area contributed by atoms with Gasteiger partial charge in [-0.15, -0.1) is 0 Å². The minimum Gasteiger partial charge on any atom is -0.400 e. The fourth-order valence-electron chi connectivity index (χ4n) is 11.4. The Hall–Kier alpha value is -4.73. The Morgan fingerprint density at radius 1 is 0.386 bits per heavy atom. The van der Waals surface area contributed by atoms with Gasteiger partial charge in [0, 0.05) is 28.1 Å². The molecule has 0 amide bonds. The molecule has 2 aromatic heterocycles. The molecule has 0 radical (unpaired) electrons. The number of nitrogens with zero attached hydrogens (tertiary/aromatic N) is 2. The molecule has 4 aliphatic rings. The van der Waals surface area contributed by atoms with Crippen molar-refractivity contribution in [2.75, 3.05) is 0 Å². The van der Waals surface area contributed by atoms with E-state index in [9.17, 15) is 0 Å². The first-order chi connectivity index (χ1) is 33.9. The lowest BCUT2D eigenvalue weighted by molar-refractivity contribution is 0.144. The second-order valence-electron chi connectivity index (χ2n) is 22.4. The van der Waals surface area contributed by atoms with Crippen molar-refractivity contribution < 1.29 is 8.85 Å². The van der Waals surface area contributed by atoms with E-state index in [1.54, 1.807) is 0 Å². The Morgan fingerprint density at radius 2 is 0.643 bits per heavy atom. The Morgan fingerprint density at radius 3 is 0.914 bits per heavy atom. The molecular weight excluding hydrogens is 885 g/mol. The molecule has 0 saturated carbocycles. The number of aryl methyl sites for hydroxylation is 4. The van der Waals surface area contributed by atoms with Crippen LogP contribution in [-0.2, 0) is 45.7 Å². The van der Waals surface area contributed by atoms with E-state index in [4.69, 9.17) is 25.4 Å². The summed E-state index contributed by atoms with van der Waals surface area (Å²) in [5.74, 6) is 0. The first-order valence-corrected chi connectivity index (χ1v) is 34.1. The minimum absolute atomic E-state index is 0.835. The third-order valence-corrected chi connectivity index (χ3v) is 16.4. The molecule has 6 heteroatoms. The highest BCUT2D eigenvalue weighted by Gasteiger charge is 2.45. The molecule has 2 aliphatic carbocycles. The van der Waals surface area contributed by atoms with Crippen LogP contribution >= 0.6 is 0 Å². The van der Waals surface area contributed by atoms with Gasteiger partial charge in [0.25, 0.3) is 0 Å². The van der Waals surface area contributed by atoms with Crippen LogP contribution in [0.5, 0.6) is 0 Å². The summed E-state index contributed by atoms with van der Waals surface area (Å²) in [6.07, 6.45) is 23.1. The maximum atomic E-state index is 7.76. The van der Waals surface area contributed by atoms with Crippen LogP contribution in [0.4, 0.5) is 0 Å². The lowest BCUT2D eigenvalue weighted by Crippen LogP contribution is -2.43. The van der Waals surface area contributed by atoms with Crippen molar-refractivity contribution >= 4 is 22.2 Å². The molecule has 0 unspecified atom stereocenters. The molecule has 0 fully saturated rings. The van der Waals surface area contributed by atoms with Crippen molar-refractivity contribution in [1.82, 2.24) is 9.97 Å². The third-order valence-electron chi connectivity index (χ3n) is 14.6. The molecule has 368 valence electrons. The van der Waals surface area contributed by atoms with Gasteiger partial charge >= 0.3 is 0 Å². The zero-order chi connectivity index (χ0) is 49.0. The molecular formula is C64H82N2O2Si2. The van der Waals surface area contributed by atoms with Gasteiger partial charge in [-0.3, -0.25) is 9.97 Å². The van der Waals surface area contributed by atoms with Gasteiger partial charge in [-0.05, 0) is 136 Å². The summed E-state index contributed by atoms with van der Waals surface area (Å²) >= 11 is 0. The molecule has 0 atom stereocenters. The number of benzene rings is 4. The van der Waals surface area contributed by atoms with E-state index in [1.807, 2.05) is 0 Å². The van der Waals surface area contributed by atoms with E-state index in [1.165, 1.54) is 99.3 Å². The summed E-state index contributed by atoms with van der Waals surface area (Å²) in [6, 6.07) is 49.2. The van der Waals surface area contributed by atoms with Crippen LogP contribution in [0.1, 0.15) is 170 Å². The summed E-state index contributed by atoms with van der Waals surface area (Å²) in [4.78, 5) is 12.0. The lowest BCUT2D eigenvalue weighted by atomic mass is 9.77. The van der Waals surface area contributed by atoms with Crippen molar-refractivity contribution in [3.63, 3.8) is 0 Å². The van der Waals surface area contributed by atoms with Crippen molar-refractivity contribution in [3.05, 3.63) is 207 Å². The monoisotopic (exact) mass is 967 g/mol. The fraction of sp³-hybridized carbons (Fsp3) is 0.438. The first-order valence-electron chi connectivity index (χ1n) is 27.3. The largest absolute Gasteiger partial charge is 0.400 e. The smallest absolute Gasteiger partial charge is 0.185 e. The number of hydrogen-bond acceptors (Lipinski definition) is 4. The van der Waals surface area contributed by atoms with Crippen LogP contribution in [0.15, 0.2) is 140 Å². The Bertz CT molecular complexity index is 2340. The van der Waals surface area contributed by atoms with Crippen LogP contribution in [-0.4, -0.2) is 26.6 Å². The van der Waals surface area contributed by atoms with Crippen molar-refractivity contribution in [3.8, 4) is 0 Å². The van der Waals surface area contributed by atoms with Crippen molar-refractivity contribution in [1.29, 1.82) is 0 Å². The molecule has 70 heavy (non-hydrogen) atoms. The number of hydrogen-bond donors (Lipinski definition) is 0. The molecule has 0 N–H and O–H groups in total. The van der Waals surface area contributed by atoms with Crippen LogP contribution in [0, 0.1) is 0 Å². The highest BCUT2D eigenvalue weighted by molar-refractivity contribution is 6.70. The second-order valence-corrected chi connectivity index (χ2v) is 31.2. The maximum Gasteiger partial charge on any atom is 0.185 e. The van der Waals surface area contributed by atoms with E-state index in [2.05, 4.69) is 173 Å². The number of pyridine rings is 2. The predicted molar refractivity (Wildman–Crippen MR) is 300 cm³/mol. The highest BCUT2D eigenvalue weighted by Crippen LogP contribution is 2.48. The molecule has 0 saturated heterocycles. The molecule has 2 aliphatic heterocycles. The Labute approximate surface area is 425 Å². The Kier molecular flexibility index (Phi) is 17.5. The highest BCUT2D eigenvalue weighted by atomic mass is 28.4. The van der Waals surface area contributed by atoms with Gasteiger partial charge in [0.05, 0.1) is 11.4 Å². The van der Waals surface area contributed by atoms with Crippen LogP contribution < -0.4 is 0 Å². The normalized spacial score (nSPS) is 16.3. The summed E-state index contributed by atoms with van der Waals surface area (Å²) < 4.78 is 15.5. The molecule has 4 aromatic carbocycles. The van der Waals surface area contributed by atoms with Crippen LogP contribution in [0.2, 0.25) is 39.3 Å². The summed E-state index contributed by atoms with van der Waals surface area (Å²) in [6.45, 7) is 19.1. The van der Waals surface area contributed by atoms with E-state index in [0.717, 1.165) is 102 Å². The SMILES string of the molecule is C=C(c1nc2c(C(O[Si](C)(C)C)(c3ccccc3)c3ccccc3)cc1CCCCCCCCCC2)c1nc2c(C(O[Si](C)(C)C)(c3ccccc3)c3ccccc3)cc1CCCCCCCCCC2. The molecule has 0 spiro atoms. The van der Waals surface area contributed by atoms with Crippen LogP contribution in [0.25, 0.3) is 5.57 Å². The summed E-state index contributed by atoms with van der Waals surface area (Å²) in [7, 11) is -4.44. The topological polar surface area (TPSA) is 44.2 Å². The average molecular weight is 968 g/mol. The molecule has 4 heterocycles. The number of aromatic nitrogens is 2. The van der Waals surface area contributed by atoms with Gasteiger partial charge in [-0.25, -0.2) is 0 Å². The molecule has 4 bridgehead atoms. The van der Waals surface area contributed by atoms with Crippen molar-refractivity contribution in [2.45, 2.75) is 179 Å². The zero-order valence-electron chi connectivity index (χ0n) is 43.8. The average Bonchev–Trinajstić information content (AvgIpc) is 3.36. The first kappa shape index (κ1) is 51.6. The van der Waals surface area contributed by atoms with Gasteiger partial charge in [-0.2, -0.15) is 0 Å². The summed E-state index contributed by atoms with van der Waals surface area (Å²) in [5.41, 5.74) is 13.1. The quantitative estimate of drug-likeness (QED) is 0.115. The minimum atomic E-state index is -2.22. The van der Waals surface area contributed by atoms with Gasteiger partial charge in [-0.1, -0.05) is 205 Å². The number of fused-ring (bicyclic) bond motifs is 22. The molecule has 6 aromatic rings. The van der Waals surface area contributed by atoms with E-state index < -0.39 is 27.8 Å². The standard InChI is InChI=1S/C64H82N2O2Si2/c1-50(61-51-36-24-16-12-8-10-14-18-34-46-59(65-61)57(48-51)63(67-69(2,3)4,53-38-26-20-27-39-53)54-40-28-21-29-41-54)62-52-37-25-17-13-9-11-15-19-35-47-60(66-62)58(49-52)64(68-70(5,6)7,55-42-30-22-31-43-55)56-44-32-23-33-45-56/h20-23,26-33,38-45,48-49H,1,8-19,24-25,34-37,46-47H2,2-7H3. The van der Waals surface area contributed by atoms with Gasteiger partial charge in [0.2, 0.25) is 0 Å². The lowest BCUT2D eigenvalue weighted by Gasteiger charge is -2.42. The third kappa shape index (κ3) is 12.3. The van der Waals surface area contributed by atoms with Gasteiger partial charge < -0.3 is 8.85 Å². The van der Waals surface area contributed by atoms with E-state index in [-0.39, 0.29) is 0 Å². The molecule has 10 rings (SSSR count). The maximum absolute atomic E-state index is 7.76. The van der Waals surface area contributed by atoms with Gasteiger partial charge in [0.15, 0.2) is 16.6 Å².